The van der Waals surface area contributed by atoms with E-state index in [0.29, 0.717) is 16.6 Å². The van der Waals surface area contributed by atoms with Crippen LogP contribution in [0.4, 0.5) is 5.13 Å². The molecule has 0 saturated heterocycles. The van der Waals surface area contributed by atoms with Gasteiger partial charge < -0.3 is 9.47 Å². The summed E-state index contributed by atoms with van der Waals surface area (Å²) in [7, 11) is 0. The van der Waals surface area contributed by atoms with Crippen molar-refractivity contribution in [2.24, 2.45) is 0 Å². The molecule has 0 aliphatic carbocycles. The highest BCUT2D eigenvalue weighted by atomic mass is 32.1. The van der Waals surface area contributed by atoms with Crippen LogP contribution in [0.15, 0.2) is 48.5 Å². The summed E-state index contributed by atoms with van der Waals surface area (Å²) in [5, 5.41) is 3.32. The molecule has 1 aromatic heterocycles. The molecule has 1 amide bonds. The molecule has 0 unspecified atom stereocenters. The number of hydrogen-bond donors (Lipinski definition) is 1. The van der Waals surface area contributed by atoms with Crippen LogP contribution in [0.3, 0.4) is 0 Å². The molecule has 0 radical (unpaired) electrons. The van der Waals surface area contributed by atoms with Crippen molar-refractivity contribution in [1.29, 1.82) is 0 Å². The summed E-state index contributed by atoms with van der Waals surface area (Å²) in [6.07, 6.45) is 3.26. The highest BCUT2D eigenvalue weighted by Gasteiger charge is 2.16. The zero-order valence-corrected chi connectivity index (χ0v) is 12.8. The number of aromatic nitrogens is 1. The molecular formula is C17H12N2O3S. The Morgan fingerprint density at radius 1 is 1.17 bits per heavy atom. The molecule has 3 aromatic rings. The Labute approximate surface area is 136 Å². The maximum absolute atomic E-state index is 12.0. The van der Waals surface area contributed by atoms with Crippen LogP contribution in [0.1, 0.15) is 5.56 Å². The molecule has 1 aliphatic rings. The highest BCUT2D eigenvalue weighted by molar-refractivity contribution is 7.22. The molecule has 6 heteroatoms. The van der Waals surface area contributed by atoms with Gasteiger partial charge in [0.25, 0.3) is 0 Å². The second-order valence-corrected chi connectivity index (χ2v) is 5.96. The van der Waals surface area contributed by atoms with Gasteiger partial charge in [-0.25, -0.2) is 4.98 Å². The third-order valence-electron chi connectivity index (χ3n) is 3.34. The quantitative estimate of drug-likeness (QED) is 0.747. The van der Waals surface area contributed by atoms with Crippen LogP contribution in [-0.4, -0.2) is 17.7 Å². The molecule has 2 heterocycles. The van der Waals surface area contributed by atoms with Crippen molar-refractivity contribution in [3.63, 3.8) is 0 Å². The number of hydrogen-bond acceptors (Lipinski definition) is 5. The second kappa shape index (κ2) is 5.73. The number of carbonyl (C=O) groups is 1. The first kappa shape index (κ1) is 13.8. The number of carbonyl (C=O) groups excluding carboxylic acids is 1. The summed E-state index contributed by atoms with van der Waals surface area (Å²) in [6, 6.07) is 13.4. The molecule has 0 fully saturated rings. The summed E-state index contributed by atoms with van der Waals surface area (Å²) in [4.78, 5) is 16.4. The average molecular weight is 324 g/mol. The lowest BCUT2D eigenvalue weighted by molar-refractivity contribution is -0.111. The van der Waals surface area contributed by atoms with Crippen LogP contribution in [0.2, 0.25) is 0 Å². The first-order valence-corrected chi connectivity index (χ1v) is 7.84. The zero-order valence-electron chi connectivity index (χ0n) is 12.0. The number of amides is 1. The fourth-order valence-electron chi connectivity index (χ4n) is 2.25. The molecular weight excluding hydrogens is 312 g/mol. The van der Waals surface area contributed by atoms with E-state index in [2.05, 4.69) is 10.3 Å². The monoisotopic (exact) mass is 324 g/mol. The number of fused-ring (bicyclic) bond motifs is 2. The fourth-order valence-corrected chi connectivity index (χ4v) is 3.13. The number of benzene rings is 2. The van der Waals surface area contributed by atoms with Gasteiger partial charge in [-0.1, -0.05) is 41.7 Å². The molecule has 4 rings (SSSR count). The molecule has 23 heavy (non-hydrogen) atoms. The van der Waals surface area contributed by atoms with E-state index < -0.39 is 0 Å². The van der Waals surface area contributed by atoms with Crippen molar-refractivity contribution in [2.75, 3.05) is 12.1 Å². The summed E-state index contributed by atoms with van der Waals surface area (Å²) >= 11 is 1.40. The Balaban J connectivity index is 1.51. The van der Waals surface area contributed by atoms with Gasteiger partial charge in [0.2, 0.25) is 12.7 Å². The van der Waals surface area contributed by atoms with Gasteiger partial charge in [0, 0.05) is 18.2 Å². The van der Waals surface area contributed by atoms with Crippen LogP contribution >= 0.6 is 11.3 Å². The maximum atomic E-state index is 12.0. The molecule has 1 N–H and O–H groups in total. The largest absolute Gasteiger partial charge is 0.454 e. The molecule has 0 atom stereocenters. The maximum Gasteiger partial charge on any atom is 0.250 e. The van der Waals surface area contributed by atoms with Gasteiger partial charge in [-0.2, -0.15) is 0 Å². The van der Waals surface area contributed by atoms with Crippen molar-refractivity contribution in [3.8, 4) is 11.5 Å². The molecule has 2 aromatic carbocycles. The standard InChI is InChI=1S/C17H12N2O3S/c20-16(7-6-11-4-2-1-3-5-11)19-17-18-12-8-13-14(22-10-21-13)9-15(12)23-17/h1-9H,10H2,(H,18,19,20). The summed E-state index contributed by atoms with van der Waals surface area (Å²) in [5.41, 5.74) is 1.75. The number of rotatable bonds is 3. The third-order valence-corrected chi connectivity index (χ3v) is 4.27. The molecule has 0 bridgehead atoms. The van der Waals surface area contributed by atoms with E-state index in [1.807, 2.05) is 42.5 Å². The molecule has 5 nitrogen and oxygen atoms in total. The Kier molecular flexibility index (Phi) is 3.44. The predicted molar refractivity (Wildman–Crippen MR) is 89.8 cm³/mol. The smallest absolute Gasteiger partial charge is 0.250 e. The molecule has 114 valence electrons. The lowest BCUT2D eigenvalue weighted by Gasteiger charge is -1.95. The summed E-state index contributed by atoms with van der Waals surface area (Å²) in [6.45, 7) is 0.237. The van der Waals surface area contributed by atoms with E-state index >= 15 is 0 Å². The van der Waals surface area contributed by atoms with Gasteiger partial charge in [0.05, 0.1) is 10.2 Å². The first-order valence-electron chi connectivity index (χ1n) is 7.02. The minimum Gasteiger partial charge on any atom is -0.454 e. The number of nitrogens with zero attached hydrogens (tertiary/aromatic N) is 1. The van der Waals surface area contributed by atoms with E-state index in [0.717, 1.165) is 15.8 Å². The fraction of sp³-hybridized carbons (Fsp3) is 0.0588. The summed E-state index contributed by atoms with van der Waals surface area (Å²) in [5.74, 6) is 1.18. The van der Waals surface area contributed by atoms with Gasteiger partial charge in [0.1, 0.15) is 0 Å². The minimum atomic E-state index is -0.215. The van der Waals surface area contributed by atoms with Crippen molar-refractivity contribution < 1.29 is 14.3 Å². The van der Waals surface area contributed by atoms with Crippen molar-refractivity contribution >= 4 is 38.7 Å². The Hall–Kier alpha value is -2.86. The lowest BCUT2D eigenvalue weighted by atomic mass is 10.2. The van der Waals surface area contributed by atoms with Gasteiger partial charge in [-0.15, -0.1) is 0 Å². The Bertz CT molecular complexity index is 862. The van der Waals surface area contributed by atoms with Crippen LogP contribution in [0.25, 0.3) is 16.3 Å². The molecule has 0 spiro atoms. The second-order valence-electron chi connectivity index (χ2n) is 4.93. The molecule has 1 aliphatic heterocycles. The normalized spacial score (nSPS) is 12.9. The van der Waals surface area contributed by atoms with E-state index in [1.54, 1.807) is 6.08 Å². The van der Waals surface area contributed by atoms with Gasteiger partial charge in [-0.3, -0.25) is 10.1 Å². The topological polar surface area (TPSA) is 60.5 Å². The number of nitrogens with one attached hydrogen (secondary N) is 1. The van der Waals surface area contributed by atoms with Gasteiger partial charge >= 0.3 is 0 Å². The van der Waals surface area contributed by atoms with Crippen LogP contribution in [0.5, 0.6) is 11.5 Å². The van der Waals surface area contributed by atoms with Crippen LogP contribution in [-0.2, 0) is 4.79 Å². The third kappa shape index (κ3) is 2.89. The lowest BCUT2D eigenvalue weighted by Crippen LogP contribution is -2.07. The van der Waals surface area contributed by atoms with E-state index in [9.17, 15) is 4.79 Å². The van der Waals surface area contributed by atoms with E-state index in [-0.39, 0.29) is 12.7 Å². The SMILES string of the molecule is O=C(C=Cc1ccccc1)Nc1nc2cc3c(cc2s1)OCO3. The number of thiazole rings is 1. The van der Waals surface area contributed by atoms with E-state index in [1.165, 1.54) is 17.4 Å². The first-order chi connectivity index (χ1) is 11.3. The summed E-state index contributed by atoms with van der Waals surface area (Å²) < 4.78 is 11.6. The highest BCUT2D eigenvalue weighted by Crippen LogP contribution is 2.38. The van der Waals surface area contributed by atoms with Gasteiger partial charge in [0.15, 0.2) is 16.6 Å². The zero-order chi connectivity index (χ0) is 15.6. The van der Waals surface area contributed by atoms with Crippen molar-refractivity contribution in [1.82, 2.24) is 4.98 Å². The number of ether oxygens (including phenoxy) is 2. The average Bonchev–Trinajstić information content (AvgIpc) is 3.16. The molecule has 0 saturated carbocycles. The van der Waals surface area contributed by atoms with Crippen LogP contribution in [0, 0.1) is 0 Å². The number of anilines is 1. The van der Waals surface area contributed by atoms with Crippen molar-refractivity contribution in [3.05, 3.63) is 54.1 Å². The van der Waals surface area contributed by atoms with E-state index in [4.69, 9.17) is 9.47 Å². The minimum absolute atomic E-state index is 0.215. The van der Waals surface area contributed by atoms with Crippen molar-refractivity contribution in [2.45, 2.75) is 0 Å². The van der Waals surface area contributed by atoms with Crippen LogP contribution < -0.4 is 14.8 Å². The van der Waals surface area contributed by atoms with Gasteiger partial charge in [-0.05, 0) is 11.6 Å². The predicted octanol–water partition coefficient (Wildman–Crippen LogP) is 3.68. The Morgan fingerprint density at radius 2 is 1.96 bits per heavy atom. The Morgan fingerprint density at radius 3 is 2.78 bits per heavy atom.